The SMILES string of the molecule is Oc1cc2ccccc2c2c1OC1C(=c3ccccc3=C[C@H]1O)C2c1ccc(-c2ccccc2)cc1. The lowest BCUT2D eigenvalue weighted by atomic mass is 9.74. The monoisotopic (exact) mass is 468 g/mol. The van der Waals surface area contributed by atoms with Crippen LogP contribution in [0.1, 0.15) is 17.0 Å². The summed E-state index contributed by atoms with van der Waals surface area (Å²) in [7, 11) is 0. The molecular weight excluding hydrogens is 444 g/mol. The van der Waals surface area contributed by atoms with Gasteiger partial charge in [-0.2, -0.15) is 0 Å². The number of rotatable bonds is 2. The number of hydrogen-bond acceptors (Lipinski definition) is 3. The van der Waals surface area contributed by atoms with Crippen LogP contribution in [0, 0.1) is 0 Å². The molecule has 5 aromatic rings. The van der Waals surface area contributed by atoms with Crippen LogP contribution in [-0.4, -0.2) is 22.4 Å². The van der Waals surface area contributed by atoms with Crippen molar-refractivity contribution in [3.63, 3.8) is 0 Å². The molecule has 3 atom stereocenters. The highest BCUT2D eigenvalue weighted by Crippen LogP contribution is 2.52. The summed E-state index contributed by atoms with van der Waals surface area (Å²) in [4.78, 5) is 0. The first kappa shape index (κ1) is 21.0. The van der Waals surface area contributed by atoms with Crippen molar-refractivity contribution >= 4 is 22.4 Å². The molecule has 174 valence electrons. The van der Waals surface area contributed by atoms with Gasteiger partial charge in [0.1, 0.15) is 6.10 Å². The van der Waals surface area contributed by atoms with Crippen LogP contribution in [0.3, 0.4) is 0 Å². The number of hydrogen-bond donors (Lipinski definition) is 2. The third-order valence-electron chi connectivity index (χ3n) is 7.45. The van der Waals surface area contributed by atoms with Crippen molar-refractivity contribution in [1.82, 2.24) is 0 Å². The minimum Gasteiger partial charge on any atom is -0.504 e. The van der Waals surface area contributed by atoms with Crippen molar-refractivity contribution in [2.45, 2.75) is 18.1 Å². The van der Waals surface area contributed by atoms with Gasteiger partial charge in [-0.1, -0.05) is 103 Å². The van der Waals surface area contributed by atoms with E-state index >= 15 is 0 Å². The van der Waals surface area contributed by atoms with Gasteiger partial charge in [-0.3, -0.25) is 0 Å². The van der Waals surface area contributed by atoms with Crippen molar-refractivity contribution in [2.24, 2.45) is 0 Å². The van der Waals surface area contributed by atoms with E-state index < -0.39 is 12.2 Å². The van der Waals surface area contributed by atoms with Gasteiger partial charge in [0.05, 0.1) is 0 Å². The average Bonchev–Trinajstić information content (AvgIpc) is 2.93. The molecule has 0 aromatic heterocycles. The van der Waals surface area contributed by atoms with Gasteiger partial charge < -0.3 is 14.9 Å². The predicted molar refractivity (Wildman–Crippen MR) is 143 cm³/mol. The first-order chi connectivity index (χ1) is 17.7. The van der Waals surface area contributed by atoms with Crippen LogP contribution >= 0.6 is 0 Å². The Balaban J connectivity index is 1.55. The lowest BCUT2D eigenvalue weighted by Crippen LogP contribution is -2.48. The maximum Gasteiger partial charge on any atom is 0.166 e. The van der Waals surface area contributed by atoms with E-state index in [2.05, 4.69) is 48.5 Å². The van der Waals surface area contributed by atoms with Gasteiger partial charge in [0.15, 0.2) is 17.6 Å². The van der Waals surface area contributed by atoms with E-state index in [1.807, 2.05) is 60.7 Å². The summed E-state index contributed by atoms with van der Waals surface area (Å²) in [6, 6.07) is 37.0. The van der Waals surface area contributed by atoms with E-state index in [0.717, 1.165) is 49.0 Å². The Morgan fingerprint density at radius 2 is 1.39 bits per heavy atom. The molecule has 2 N–H and O–H groups in total. The second kappa shape index (κ2) is 8.11. The molecule has 0 saturated heterocycles. The summed E-state index contributed by atoms with van der Waals surface area (Å²) in [5.41, 5.74) is 5.37. The van der Waals surface area contributed by atoms with E-state index in [1.165, 1.54) is 0 Å². The van der Waals surface area contributed by atoms with Crippen LogP contribution in [0.25, 0.3) is 33.5 Å². The number of aliphatic hydroxyl groups excluding tert-OH is 1. The van der Waals surface area contributed by atoms with Gasteiger partial charge in [0.2, 0.25) is 0 Å². The molecule has 0 saturated carbocycles. The van der Waals surface area contributed by atoms with Gasteiger partial charge >= 0.3 is 0 Å². The van der Waals surface area contributed by atoms with E-state index in [9.17, 15) is 10.2 Å². The molecular formula is C33H24O3. The number of benzene rings is 5. The Morgan fingerprint density at radius 3 is 2.22 bits per heavy atom. The summed E-state index contributed by atoms with van der Waals surface area (Å²) >= 11 is 0. The highest BCUT2D eigenvalue weighted by atomic mass is 16.5. The topological polar surface area (TPSA) is 49.7 Å². The average molecular weight is 469 g/mol. The first-order valence-corrected chi connectivity index (χ1v) is 12.2. The number of aliphatic hydroxyl groups is 1. The maximum atomic E-state index is 11.2. The van der Waals surface area contributed by atoms with Gasteiger partial charge in [0, 0.05) is 11.5 Å². The molecule has 0 fully saturated rings. The summed E-state index contributed by atoms with van der Waals surface area (Å²) in [6.07, 6.45) is 0.445. The molecule has 2 aliphatic rings. The Hall–Kier alpha value is -4.34. The molecule has 7 rings (SSSR count). The standard InChI is InChI=1S/C33H24O3/c34-27-18-23-10-4-6-12-25(23)30-29(22-16-14-21(15-17-22)20-8-2-1-3-9-20)31-26-13-7-5-11-24(26)19-28(35)33(31)36-32(27)30/h1-19,27,29,32,34-35H/t27-,29?,32?/m1/s1. The number of fused-ring (bicyclic) bond motifs is 5. The number of phenols is 1. The first-order valence-electron chi connectivity index (χ1n) is 12.2. The molecule has 0 amide bonds. The third-order valence-corrected chi connectivity index (χ3v) is 7.45. The summed E-state index contributed by atoms with van der Waals surface area (Å²) in [6.45, 7) is 0. The van der Waals surface area contributed by atoms with Crippen LogP contribution in [-0.2, 0) is 0 Å². The van der Waals surface area contributed by atoms with Crippen LogP contribution < -0.4 is 15.2 Å². The van der Waals surface area contributed by atoms with Crippen LogP contribution in [0.5, 0.6) is 11.5 Å². The van der Waals surface area contributed by atoms with Crippen molar-refractivity contribution in [2.75, 3.05) is 0 Å². The Morgan fingerprint density at radius 1 is 0.694 bits per heavy atom. The van der Waals surface area contributed by atoms with Crippen LogP contribution in [0.4, 0.5) is 0 Å². The molecule has 2 unspecified atom stereocenters. The lowest BCUT2D eigenvalue weighted by molar-refractivity contribution is 0.101. The summed E-state index contributed by atoms with van der Waals surface area (Å²) in [5, 5.41) is 26.3. The van der Waals surface area contributed by atoms with Crippen molar-refractivity contribution < 1.29 is 14.9 Å². The van der Waals surface area contributed by atoms with Crippen molar-refractivity contribution in [3.8, 4) is 22.6 Å². The van der Waals surface area contributed by atoms with E-state index in [4.69, 9.17) is 4.74 Å². The molecule has 3 nitrogen and oxygen atoms in total. The van der Waals surface area contributed by atoms with Gasteiger partial charge in [0.25, 0.3) is 0 Å². The summed E-state index contributed by atoms with van der Waals surface area (Å²) < 4.78 is 6.42. The Labute approximate surface area is 208 Å². The molecule has 3 heteroatoms. The van der Waals surface area contributed by atoms with Crippen LogP contribution in [0.15, 0.2) is 109 Å². The number of phenolic OH excluding ortho intramolecular Hbond substituents is 1. The zero-order valence-corrected chi connectivity index (χ0v) is 19.5. The minimum absolute atomic E-state index is 0.0970. The molecule has 1 heterocycles. The molecule has 36 heavy (non-hydrogen) atoms. The molecule has 0 radical (unpaired) electrons. The fourth-order valence-corrected chi connectivity index (χ4v) is 5.85. The van der Waals surface area contributed by atoms with Crippen molar-refractivity contribution in [3.05, 3.63) is 131 Å². The highest BCUT2D eigenvalue weighted by Gasteiger charge is 2.41. The smallest absolute Gasteiger partial charge is 0.166 e. The molecule has 1 aliphatic carbocycles. The molecule has 5 aromatic carbocycles. The molecule has 1 aliphatic heterocycles. The Kier molecular flexibility index (Phi) is 4.73. The maximum absolute atomic E-state index is 11.2. The van der Waals surface area contributed by atoms with Gasteiger partial charge in [-0.05, 0) is 55.6 Å². The van der Waals surface area contributed by atoms with E-state index in [-0.39, 0.29) is 11.7 Å². The normalized spacial score (nSPS) is 20.0. The number of aromatic hydroxyl groups is 1. The largest absolute Gasteiger partial charge is 0.504 e. The quantitative estimate of drug-likeness (QED) is 0.379. The predicted octanol–water partition coefficient (Wildman–Crippen LogP) is 5.11. The molecule has 0 spiro atoms. The fourth-order valence-electron chi connectivity index (χ4n) is 5.85. The second-order valence-corrected chi connectivity index (χ2v) is 9.52. The second-order valence-electron chi connectivity index (χ2n) is 9.52. The lowest BCUT2D eigenvalue weighted by Gasteiger charge is -2.39. The number of ether oxygens (including phenoxy) is 1. The summed E-state index contributed by atoms with van der Waals surface area (Å²) in [5.74, 6) is 0.358. The van der Waals surface area contributed by atoms with Crippen molar-refractivity contribution in [1.29, 1.82) is 0 Å². The van der Waals surface area contributed by atoms with E-state index in [1.54, 1.807) is 6.07 Å². The zero-order chi connectivity index (χ0) is 24.2. The van der Waals surface area contributed by atoms with E-state index in [0.29, 0.717) is 5.75 Å². The zero-order valence-electron chi connectivity index (χ0n) is 19.5. The van der Waals surface area contributed by atoms with Crippen LogP contribution in [0.2, 0.25) is 0 Å². The van der Waals surface area contributed by atoms with Gasteiger partial charge in [-0.25, -0.2) is 0 Å². The fraction of sp³-hybridized carbons (Fsp3) is 0.0909. The molecule has 0 bridgehead atoms. The minimum atomic E-state index is -0.819. The third kappa shape index (κ3) is 3.17. The highest BCUT2D eigenvalue weighted by molar-refractivity contribution is 5.94. The van der Waals surface area contributed by atoms with Gasteiger partial charge in [-0.15, -0.1) is 0 Å². The Bertz CT molecular complexity index is 1740.